The summed E-state index contributed by atoms with van der Waals surface area (Å²) >= 11 is -1.17. The van der Waals surface area contributed by atoms with Crippen molar-refractivity contribution >= 4 is 23.3 Å². The van der Waals surface area contributed by atoms with Gasteiger partial charge < -0.3 is 14.2 Å². The van der Waals surface area contributed by atoms with Gasteiger partial charge in [-0.05, 0) is 35.9 Å². The van der Waals surface area contributed by atoms with Gasteiger partial charge in [-0.3, -0.25) is 4.79 Å². The van der Waals surface area contributed by atoms with Crippen LogP contribution in [0.5, 0.6) is 5.75 Å². The molecule has 1 fully saturated rings. The molecule has 0 bridgehead atoms. The molecular weight excluding hydrogens is 348 g/mol. The predicted molar refractivity (Wildman–Crippen MR) is 103 cm³/mol. The van der Waals surface area contributed by atoms with Crippen LogP contribution in [0.3, 0.4) is 0 Å². The van der Waals surface area contributed by atoms with E-state index in [-0.39, 0.29) is 5.91 Å². The summed E-state index contributed by atoms with van der Waals surface area (Å²) in [7, 11) is 1.62. The van der Waals surface area contributed by atoms with Gasteiger partial charge in [0.1, 0.15) is 5.75 Å². The second kappa shape index (κ2) is 8.89. The largest absolute Gasteiger partial charge is 0.593 e. The summed E-state index contributed by atoms with van der Waals surface area (Å²) in [6.07, 6.45) is 3.39. The molecule has 2 aromatic rings. The van der Waals surface area contributed by atoms with Crippen molar-refractivity contribution in [3.8, 4) is 5.75 Å². The lowest BCUT2D eigenvalue weighted by Crippen LogP contribution is -2.50. The minimum atomic E-state index is -1.17. The third-order valence-corrected chi connectivity index (χ3v) is 5.77. The van der Waals surface area contributed by atoms with Crippen molar-refractivity contribution in [2.75, 3.05) is 33.3 Å². The minimum absolute atomic E-state index is 0.0223. The number of benzene rings is 2. The Labute approximate surface area is 157 Å². The van der Waals surface area contributed by atoms with Gasteiger partial charge in [-0.2, -0.15) is 0 Å². The molecule has 0 radical (unpaired) electrons. The average Bonchev–Trinajstić information content (AvgIpc) is 2.72. The van der Waals surface area contributed by atoms with Crippen LogP contribution in [0.1, 0.15) is 5.56 Å². The third kappa shape index (κ3) is 4.66. The fourth-order valence-electron chi connectivity index (χ4n) is 2.75. The van der Waals surface area contributed by atoms with Crippen molar-refractivity contribution in [1.82, 2.24) is 9.21 Å². The molecule has 136 valence electrons. The Hall–Kier alpha value is -2.28. The maximum absolute atomic E-state index is 12.5. The normalized spacial score (nSPS) is 16.6. The van der Waals surface area contributed by atoms with Crippen LogP contribution in [0.15, 0.2) is 65.6 Å². The zero-order valence-electron chi connectivity index (χ0n) is 14.7. The molecule has 1 amide bonds. The number of ether oxygens (including phenoxy) is 1. The molecule has 1 heterocycles. The molecule has 1 unspecified atom stereocenters. The topological polar surface area (TPSA) is 55.8 Å². The van der Waals surface area contributed by atoms with Gasteiger partial charge in [0.15, 0.2) is 4.90 Å². The van der Waals surface area contributed by atoms with E-state index in [1.807, 2.05) is 58.9 Å². The van der Waals surface area contributed by atoms with E-state index in [1.54, 1.807) is 24.2 Å². The molecule has 3 rings (SSSR count). The minimum Gasteiger partial charge on any atom is -0.593 e. The Morgan fingerprint density at radius 3 is 2.31 bits per heavy atom. The fraction of sp³-hybridized carbons (Fsp3) is 0.250. The van der Waals surface area contributed by atoms with Crippen molar-refractivity contribution in [2.24, 2.45) is 0 Å². The van der Waals surface area contributed by atoms with Crippen molar-refractivity contribution in [3.05, 3.63) is 66.2 Å². The van der Waals surface area contributed by atoms with E-state index in [4.69, 9.17) is 4.74 Å². The van der Waals surface area contributed by atoms with Crippen LogP contribution in [0.25, 0.3) is 6.08 Å². The highest BCUT2D eigenvalue weighted by atomic mass is 32.2. The van der Waals surface area contributed by atoms with Crippen LogP contribution >= 0.6 is 0 Å². The first kappa shape index (κ1) is 18.5. The Bertz CT molecular complexity index is 741. The van der Waals surface area contributed by atoms with Gasteiger partial charge in [0.05, 0.1) is 31.6 Å². The second-order valence-electron chi connectivity index (χ2n) is 5.92. The zero-order chi connectivity index (χ0) is 18.4. The summed E-state index contributed by atoms with van der Waals surface area (Å²) in [5.41, 5.74) is 0.947. The van der Waals surface area contributed by atoms with Crippen LogP contribution in [0.4, 0.5) is 0 Å². The molecule has 1 atom stereocenters. The molecule has 0 aromatic heterocycles. The zero-order valence-corrected chi connectivity index (χ0v) is 15.5. The molecule has 2 aromatic carbocycles. The lowest BCUT2D eigenvalue weighted by atomic mass is 10.2. The Kier molecular flexibility index (Phi) is 6.33. The van der Waals surface area contributed by atoms with Crippen molar-refractivity contribution < 1.29 is 14.1 Å². The molecule has 0 spiro atoms. The fourth-order valence-corrected chi connectivity index (χ4v) is 3.93. The van der Waals surface area contributed by atoms with Crippen LogP contribution in [-0.4, -0.2) is 53.0 Å². The highest BCUT2D eigenvalue weighted by molar-refractivity contribution is 7.89. The van der Waals surface area contributed by atoms with Crippen LogP contribution in [-0.2, 0) is 16.2 Å². The van der Waals surface area contributed by atoms with Gasteiger partial charge in [0.2, 0.25) is 5.91 Å². The maximum Gasteiger partial charge on any atom is 0.246 e. The van der Waals surface area contributed by atoms with E-state index in [1.165, 1.54) is 0 Å². The van der Waals surface area contributed by atoms with Crippen LogP contribution in [0, 0.1) is 0 Å². The van der Waals surface area contributed by atoms with Crippen molar-refractivity contribution in [2.45, 2.75) is 4.90 Å². The van der Waals surface area contributed by atoms with Crippen LogP contribution in [0.2, 0.25) is 0 Å². The number of carbonyl (C=O) groups excluding carboxylic acids is 1. The van der Waals surface area contributed by atoms with E-state index >= 15 is 0 Å². The van der Waals surface area contributed by atoms with E-state index in [9.17, 15) is 9.35 Å². The Morgan fingerprint density at radius 2 is 1.69 bits per heavy atom. The number of hydrogen-bond donors (Lipinski definition) is 0. The third-order valence-electron chi connectivity index (χ3n) is 4.26. The van der Waals surface area contributed by atoms with Gasteiger partial charge >= 0.3 is 0 Å². The molecule has 0 N–H and O–H groups in total. The highest BCUT2D eigenvalue weighted by Gasteiger charge is 2.28. The number of methoxy groups -OCH3 is 1. The first-order valence-electron chi connectivity index (χ1n) is 8.50. The van der Waals surface area contributed by atoms with E-state index in [0.29, 0.717) is 26.2 Å². The number of piperazine rings is 1. The van der Waals surface area contributed by atoms with E-state index in [2.05, 4.69) is 0 Å². The summed E-state index contributed by atoms with van der Waals surface area (Å²) in [6.45, 7) is 2.35. The summed E-state index contributed by atoms with van der Waals surface area (Å²) < 4.78 is 19.6. The SMILES string of the molecule is COc1ccc(/C=C/C(=O)N2CCN([S+]([O-])c3ccccc3)CC2)cc1. The second-order valence-corrected chi connectivity index (χ2v) is 7.41. The van der Waals surface area contributed by atoms with E-state index < -0.39 is 11.4 Å². The number of rotatable bonds is 5. The molecule has 0 aliphatic carbocycles. The predicted octanol–water partition coefficient (Wildman–Crippen LogP) is 2.58. The molecule has 5 nitrogen and oxygen atoms in total. The summed E-state index contributed by atoms with van der Waals surface area (Å²) in [5, 5.41) is 0. The summed E-state index contributed by atoms with van der Waals surface area (Å²) in [5.74, 6) is 0.766. The van der Waals surface area contributed by atoms with Crippen molar-refractivity contribution in [3.63, 3.8) is 0 Å². The Morgan fingerprint density at radius 1 is 1.04 bits per heavy atom. The quantitative estimate of drug-likeness (QED) is 0.600. The standard InChI is InChI=1S/C20H22N2O3S/c1-25-18-10-7-17(8-11-18)9-12-20(23)21-13-15-22(16-14-21)26(24)19-5-3-2-4-6-19/h2-12H,13-16H2,1H3/b12-9+. The number of carbonyl (C=O) groups is 1. The van der Waals surface area contributed by atoms with Gasteiger partial charge in [0.25, 0.3) is 0 Å². The number of amides is 1. The molecule has 1 saturated heterocycles. The smallest absolute Gasteiger partial charge is 0.246 e. The maximum atomic E-state index is 12.5. The summed E-state index contributed by atoms with van der Waals surface area (Å²) in [6, 6.07) is 17.0. The molecule has 1 aliphatic heterocycles. The average molecular weight is 370 g/mol. The number of nitrogens with zero attached hydrogens (tertiary/aromatic N) is 2. The van der Waals surface area contributed by atoms with Crippen LogP contribution < -0.4 is 4.74 Å². The molecule has 6 heteroatoms. The highest BCUT2D eigenvalue weighted by Crippen LogP contribution is 2.17. The monoisotopic (exact) mass is 370 g/mol. The van der Waals surface area contributed by atoms with E-state index in [0.717, 1.165) is 16.2 Å². The van der Waals surface area contributed by atoms with Gasteiger partial charge in [0, 0.05) is 19.2 Å². The lowest BCUT2D eigenvalue weighted by molar-refractivity contribution is -0.127. The van der Waals surface area contributed by atoms with Gasteiger partial charge in [-0.15, -0.1) is 4.31 Å². The molecule has 0 saturated carbocycles. The molecular formula is C20H22N2O3S. The van der Waals surface area contributed by atoms with Gasteiger partial charge in [-0.1, -0.05) is 30.3 Å². The first-order valence-corrected chi connectivity index (χ1v) is 9.61. The molecule has 1 aliphatic rings. The first-order chi connectivity index (χ1) is 12.7. The Balaban J connectivity index is 1.52. The van der Waals surface area contributed by atoms with Crippen molar-refractivity contribution in [1.29, 1.82) is 0 Å². The summed E-state index contributed by atoms with van der Waals surface area (Å²) in [4.78, 5) is 14.9. The van der Waals surface area contributed by atoms with Gasteiger partial charge in [-0.25, -0.2) is 0 Å². The lowest BCUT2D eigenvalue weighted by Gasteiger charge is -2.33. The number of hydrogen-bond acceptors (Lipinski definition) is 4. The molecule has 26 heavy (non-hydrogen) atoms.